The normalized spacial score (nSPS) is 10.3. The lowest BCUT2D eigenvalue weighted by atomic mass is 10.2. The van der Waals surface area contributed by atoms with Crippen molar-refractivity contribution in [3.8, 4) is 5.82 Å². The lowest BCUT2D eigenvalue weighted by Gasteiger charge is -2.04. The molecule has 9 heteroatoms. The van der Waals surface area contributed by atoms with Crippen molar-refractivity contribution in [1.82, 2.24) is 19.7 Å². The Labute approximate surface area is 117 Å². The zero-order valence-electron chi connectivity index (χ0n) is 10.5. The summed E-state index contributed by atoms with van der Waals surface area (Å²) >= 11 is 0. The van der Waals surface area contributed by atoms with E-state index in [0.29, 0.717) is 5.52 Å². The number of hydrogen-bond acceptors (Lipinski definition) is 5. The highest BCUT2D eigenvalue weighted by Crippen LogP contribution is 2.23. The fourth-order valence-corrected chi connectivity index (χ4v) is 1.91. The van der Waals surface area contributed by atoms with Crippen LogP contribution >= 0.6 is 0 Å². The Morgan fingerprint density at radius 2 is 2.14 bits per heavy atom. The van der Waals surface area contributed by atoms with Crippen LogP contribution in [0.25, 0.3) is 27.2 Å². The summed E-state index contributed by atoms with van der Waals surface area (Å²) in [5.74, 6) is -0.752. The van der Waals surface area contributed by atoms with E-state index in [9.17, 15) is 4.79 Å². The molecule has 0 fully saturated rings. The Balaban J connectivity index is 2.28. The SMILES string of the molecule is [N-]=[N+]=Nc1nccnc1-n1ncc2ccc(C(=O)O)cc21. The maximum Gasteiger partial charge on any atom is 0.335 e. The summed E-state index contributed by atoms with van der Waals surface area (Å²) in [6, 6.07) is 4.60. The standard InChI is InChI=1S/C12H7N7O2/c13-18-17-10-11(15-4-3-14-10)19-9-5-7(12(20)21)1-2-8(9)6-16-19/h1-6H,(H,20,21). The molecule has 0 radical (unpaired) electrons. The molecule has 1 N–H and O–H groups in total. The third kappa shape index (κ3) is 2.13. The Kier molecular flexibility index (Phi) is 2.94. The fraction of sp³-hybridized carbons (Fsp3) is 0. The Morgan fingerprint density at radius 3 is 2.90 bits per heavy atom. The lowest BCUT2D eigenvalue weighted by molar-refractivity contribution is 0.0697. The zero-order valence-corrected chi connectivity index (χ0v) is 10.5. The molecule has 102 valence electrons. The monoisotopic (exact) mass is 281 g/mol. The molecule has 0 aliphatic rings. The number of aromatic carboxylic acids is 1. The van der Waals surface area contributed by atoms with Gasteiger partial charge in [-0.3, -0.25) is 0 Å². The van der Waals surface area contributed by atoms with E-state index in [1.165, 1.54) is 29.2 Å². The zero-order chi connectivity index (χ0) is 14.8. The lowest BCUT2D eigenvalue weighted by Crippen LogP contribution is -2.02. The van der Waals surface area contributed by atoms with Gasteiger partial charge in [-0.15, -0.1) is 0 Å². The summed E-state index contributed by atoms with van der Waals surface area (Å²) in [4.78, 5) is 21.8. The molecule has 0 aliphatic heterocycles. The van der Waals surface area contributed by atoms with Crippen molar-refractivity contribution in [3.63, 3.8) is 0 Å². The molecule has 0 unspecified atom stereocenters. The third-order valence-corrected chi connectivity index (χ3v) is 2.82. The molecular weight excluding hydrogens is 274 g/mol. The molecule has 21 heavy (non-hydrogen) atoms. The minimum Gasteiger partial charge on any atom is -0.478 e. The minimum absolute atomic E-state index is 0.0609. The van der Waals surface area contributed by atoms with Gasteiger partial charge in [0.15, 0.2) is 11.6 Å². The second-order valence-corrected chi connectivity index (χ2v) is 4.03. The molecule has 3 aromatic rings. The maximum atomic E-state index is 11.1. The molecule has 1 aromatic carbocycles. The number of azide groups is 1. The number of carboxylic acid groups (broad SMARTS) is 1. The van der Waals surface area contributed by atoms with Crippen LogP contribution in [0.1, 0.15) is 10.4 Å². The highest BCUT2D eigenvalue weighted by molar-refractivity contribution is 5.93. The van der Waals surface area contributed by atoms with E-state index >= 15 is 0 Å². The fourth-order valence-electron chi connectivity index (χ4n) is 1.91. The van der Waals surface area contributed by atoms with Crippen molar-refractivity contribution >= 4 is 22.7 Å². The van der Waals surface area contributed by atoms with Gasteiger partial charge in [-0.25, -0.2) is 19.4 Å². The summed E-state index contributed by atoms with van der Waals surface area (Å²) in [6.45, 7) is 0. The average molecular weight is 281 g/mol. The minimum atomic E-state index is -1.04. The summed E-state index contributed by atoms with van der Waals surface area (Å²) < 4.78 is 1.39. The second kappa shape index (κ2) is 4.91. The number of fused-ring (bicyclic) bond motifs is 1. The summed E-state index contributed by atoms with van der Waals surface area (Å²) in [5, 5.41) is 17.4. The van der Waals surface area contributed by atoms with Crippen LogP contribution in [-0.4, -0.2) is 30.8 Å². The smallest absolute Gasteiger partial charge is 0.335 e. The van der Waals surface area contributed by atoms with Gasteiger partial charge in [-0.1, -0.05) is 6.07 Å². The van der Waals surface area contributed by atoms with Crippen LogP contribution in [0.3, 0.4) is 0 Å². The molecule has 0 saturated heterocycles. The number of benzene rings is 1. The third-order valence-electron chi connectivity index (χ3n) is 2.82. The summed E-state index contributed by atoms with van der Waals surface area (Å²) in [7, 11) is 0. The van der Waals surface area contributed by atoms with E-state index in [0.717, 1.165) is 5.39 Å². The predicted octanol–water partition coefficient (Wildman–Crippen LogP) is 2.46. The van der Waals surface area contributed by atoms with Crippen LogP contribution < -0.4 is 0 Å². The number of hydrogen-bond donors (Lipinski definition) is 1. The molecule has 2 aromatic heterocycles. The van der Waals surface area contributed by atoms with Gasteiger partial charge < -0.3 is 5.11 Å². The molecule has 0 spiro atoms. The average Bonchev–Trinajstić information content (AvgIpc) is 2.91. The largest absolute Gasteiger partial charge is 0.478 e. The van der Waals surface area contributed by atoms with E-state index in [2.05, 4.69) is 25.1 Å². The first-order chi connectivity index (χ1) is 10.2. The van der Waals surface area contributed by atoms with Gasteiger partial charge in [-0.05, 0) is 22.8 Å². The number of nitrogens with zero attached hydrogens (tertiary/aromatic N) is 7. The molecule has 0 amide bonds. The van der Waals surface area contributed by atoms with Gasteiger partial charge in [0, 0.05) is 22.7 Å². The molecule has 0 bridgehead atoms. The number of rotatable bonds is 3. The number of aromatic nitrogens is 4. The Bertz CT molecular complexity index is 896. The van der Waals surface area contributed by atoms with E-state index in [1.807, 2.05) is 0 Å². The summed E-state index contributed by atoms with van der Waals surface area (Å²) in [5.41, 5.74) is 9.21. The van der Waals surface area contributed by atoms with E-state index < -0.39 is 5.97 Å². The highest BCUT2D eigenvalue weighted by Gasteiger charge is 2.12. The molecule has 9 nitrogen and oxygen atoms in total. The number of carboxylic acids is 1. The van der Waals surface area contributed by atoms with Crippen molar-refractivity contribution < 1.29 is 9.90 Å². The first-order valence-corrected chi connectivity index (χ1v) is 5.78. The molecule has 0 atom stereocenters. The second-order valence-electron chi connectivity index (χ2n) is 4.03. The van der Waals surface area contributed by atoms with Gasteiger partial charge >= 0.3 is 5.97 Å². The predicted molar refractivity (Wildman–Crippen MR) is 72.4 cm³/mol. The first-order valence-electron chi connectivity index (χ1n) is 5.78. The van der Waals surface area contributed by atoms with E-state index in [1.54, 1.807) is 12.3 Å². The van der Waals surface area contributed by atoms with Crippen molar-refractivity contribution in [2.75, 3.05) is 0 Å². The highest BCUT2D eigenvalue weighted by atomic mass is 16.4. The Hall–Kier alpha value is -3.45. The van der Waals surface area contributed by atoms with Crippen LogP contribution in [0.15, 0.2) is 41.9 Å². The van der Waals surface area contributed by atoms with Gasteiger partial charge in [0.2, 0.25) is 0 Å². The topological polar surface area (TPSA) is 130 Å². The maximum absolute atomic E-state index is 11.1. The van der Waals surface area contributed by atoms with Crippen molar-refractivity contribution in [2.24, 2.45) is 5.11 Å². The molecule has 3 rings (SSSR count). The molecular formula is C12H7N7O2. The van der Waals surface area contributed by atoms with Crippen LogP contribution in [-0.2, 0) is 0 Å². The molecule has 0 saturated carbocycles. The van der Waals surface area contributed by atoms with E-state index in [-0.39, 0.29) is 17.2 Å². The van der Waals surface area contributed by atoms with Crippen molar-refractivity contribution in [3.05, 3.63) is 52.8 Å². The molecule has 0 aliphatic carbocycles. The van der Waals surface area contributed by atoms with Crippen molar-refractivity contribution in [1.29, 1.82) is 0 Å². The van der Waals surface area contributed by atoms with Gasteiger partial charge in [-0.2, -0.15) is 5.10 Å². The first kappa shape index (κ1) is 12.6. The molecule has 2 heterocycles. The number of carbonyl (C=O) groups is 1. The van der Waals surface area contributed by atoms with Crippen molar-refractivity contribution in [2.45, 2.75) is 0 Å². The van der Waals surface area contributed by atoms with Crippen LogP contribution in [0.5, 0.6) is 0 Å². The van der Waals surface area contributed by atoms with Gasteiger partial charge in [0.25, 0.3) is 0 Å². The van der Waals surface area contributed by atoms with Gasteiger partial charge in [0.1, 0.15) is 0 Å². The van der Waals surface area contributed by atoms with Gasteiger partial charge in [0.05, 0.1) is 17.3 Å². The Morgan fingerprint density at radius 1 is 1.33 bits per heavy atom. The summed E-state index contributed by atoms with van der Waals surface area (Å²) in [6.07, 6.45) is 4.39. The van der Waals surface area contributed by atoms with Crippen LogP contribution in [0.2, 0.25) is 0 Å². The van der Waals surface area contributed by atoms with Crippen LogP contribution in [0.4, 0.5) is 5.82 Å². The van der Waals surface area contributed by atoms with Crippen LogP contribution in [0, 0.1) is 0 Å². The quantitative estimate of drug-likeness (QED) is 0.447. The van der Waals surface area contributed by atoms with E-state index in [4.69, 9.17) is 10.6 Å².